The van der Waals surface area contributed by atoms with Crippen molar-refractivity contribution in [3.05, 3.63) is 11.8 Å². The van der Waals surface area contributed by atoms with Crippen molar-refractivity contribution in [1.29, 1.82) is 5.26 Å². The number of fused-ring (bicyclic) bond motifs is 1. The third kappa shape index (κ3) is 4.70. The summed E-state index contributed by atoms with van der Waals surface area (Å²) >= 11 is 0. The molecule has 10 atom stereocenters. The number of anilines is 1. The van der Waals surface area contributed by atoms with Gasteiger partial charge in [0.25, 0.3) is 0 Å². The molecular formula is C21H29N5O10. The van der Waals surface area contributed by atoms with Crippen molar-refractivity contribution in [1.82, 2.24) is 15.0 Å². The normalized spacial score (nSPS) is 37.0. The number of aliphatic hydroxyl groups excluding tert-OH is 5. The van der Waals surface area contributed by atoms with Crippen molar-refractivity contribution >= 4 is 17.0 Å². The second-order valence-corrected chi connectivity index (χ2v) is 8.49. The smallest absolute Gasteiger partial charge is 0.230 e. The second-order valence-electron chi connectivity index (χ2n) is 8.49. The van der Waals surface area contributed by atoms with Crippen molar-refractivity contribution < 1.29 is 49.2 Å². The lowest BCUT2D eigenvalue weighted by atomic mass is 9.97. The third-order valence-electron chi connectivity index (χ3n) is 6.29. The number of aromatic nitrogens is 3. The van der Waals surface area contributed by atoms with E-state index in [0.29, 0.717) is 16.6 Å². The molecule has 7 N–H and O–H groups in total. The molecule has 0 spiro atoms. The number of methoxy groups -OCH3 is 2. The summed E-state index contributed by atoms with van der Waals surface area (Å²) in [6, 6.07) is 2.01. The van der Waals surface area contributed by atoms with Crippen LogP contribution in [-0.4, -0.2) is 123 Å². The molecule has 0 amide bonds. The molecule has 0 aromatic carbocycles. The van der Waals surface area contributed by atoms with Crippen molar-refractivity contribution in [2.75, 3.05) is 26.1 Å². The zero-order chi connectivity index (χ0) is 26.1. The van der Waals surface area contributed by atoms with Crippen LogP contribution in [0, 0.1) is 11.3 Å². The van der Waals surface area contributed by atoms with Crippen LogP contribution in [0.4, 0.5) is 5.95 Å². The number of nitrogens with one attached hydrogen (secondary N) is 2. The Balaban J connectivity index is 1.48. The quantitative estimate of drug-likeness (QED) is 0.205. The lowest BCUT2D eigenvalue weighted by molar-refractivity contribution is -0.339. The van der Waals surface area contributed by atoms with E-state index < -0.39 is 68.0 Å². The molecule has 198 valence electrons. The maximum absolute atomic E-state index is 10.8. The van der Waals surface area contributed by atoms with Gasteiger partial charge >= 0.3 is 0 Å². The highest BCUT2D eigenvalue weighted by atomic mass is 16.7. The van der Waals surface area contributed by atoms with Crippen LogP contribution in [0.3, 0.4) is 0 Å². The first kappa shape index (κ1) is 26.4. The largest absolute Gasteiger partial charge is 0.480 e. The van der Waals surface area contributed by atoms with Crippen LogP contribution >= 0.6 is 0 Å². The Morgan fingerprint density at radius 3 is 2.44 bits per heavy atom. The molecule has 2 aliphatic heterocycles. The van der Waals surface area contributed by atoms with Gasteiger partial charge in [0.1, 0.15) is 54.4 Å². The van der Waals surface area contributed by atoms with Gasteiger partial charge in [0, 0.05) is 13.3 Å². The van der Waals surface area contributed by atoms with Crippen LogP contribution in [-0.2, 0) is 18.9 Å². The predicted molar refractivity (Wildman–Crippen MR) is 119 cm³/mol. The molecule has 0 unspecified atom stereocenters. The Bertz CT molecular complexity index is 1090. The van der Waals surface area contributed by atoms with E-state index in [2.05, 4.69) is 20.3 Å². The minimum Gasteiger partial charge on any atom is -0.480 e. The Morgan fingerprint density at radius 2 is 1.81 bits per heavy atom. The van der Waals surface area contributed by atoms with E-state index in [0.717, 1.165) is 0 Å². The summed E-state index contributed by atoms with van der Waals surface area (Å²) in [5.74, 6) is 0.120. The lowest BCUT2D eigenvalue weighted by Gasteiger charge is -2.46. The average molecular weight is 511 g/mol. The van der Waals surface area contributed by atoms with Crippen LogP contribution in [0.5, 0.6) is 5.88 Å². The molecule has 2 aromatic heterocycles. The van der Waals surface area contributed by atoms with Crippen molar-refractivity contribution in [2.24, 2.45) is 0 Å². The van der Waals surface area contributed by atoms with Gasteiger partial charge < -0.3 is 59.5 Å². The number of hydrogen-bond acceptors (Lipinski definition) is 14. The van der Waals surface area contributed by atoms with Gasteiger partial charge in [-0.15, -0.1) is 0 Å². The maximum atomic E-state index is 10.8. The van der Waals surface area contributed by atoms with Crippen molar-refractivity contribution in [3.8, 4) is 11.9 Å². The minimum absolute atomic E-state index is 0.000869. The SMILES string of the molecule is COc1nc(N[C@H]2O[C@H](C)[C@@H](O[C@@H]3O[C@@H](CO)[C@@H](OC)[C@H](O)[C@H]3O)[C@@H](O)[C@H]2O)nc2[nH]cc(C#N)c12. The predicted octanol–water partition coefficient (Wildman–Crippen LogP) is -2.44. The fourth-order valence-electron chi connectivity index (χ4n) is 4.39. The molecule has 15 nitrogen and oxygen atoms in total. The third-order valence-corrected chi connectivity index (χ3v) is 6.29. The van der Waals surface area contributed by atoms with Crippen LogP contribution in [0.25, 0.3) is 11.0 Å². The summed E-state index contributed by atoms with van der Waals surface area (Å²) in [5.41, 5.74) is 0.611. The highest BCUT2D eigenvalue weighted by Gasteiger charge is 2.50. The average Bonchev–Trinajstić information content (AvgIpc) is 3.29. The van der Waals surface area contributed by atoms with Gasteiger partial charge in [-0.1, -0.05) is 0 Å². The molecule has 0 saturated carbocycles. The van der Waals surface area contributed by atoms with Gasteiger partial charge in [0.05, 0.1) is 30.8 Å². The Labute approximate surface area is 205 Å². The van der Waals surface area contributed by atoms with E-state index in [9.17, 15) is 30.8 Å². The number of H-pyrrole nitrogens is 1. The number of ether oxygens (including phenoxy) is 5. The Kier molecular flexibility index (Phi) is 7.90. The van der Waals surface area contributed by atoms with Crippen LogP contribution in [0.15, 0.2) is 6.20 Å². The molecule has 0 radical (unpaired) electrons. The summed E-state index contributed by atoms with van der Waals surface area (Å²) in [7, 11) is 2.68. The first-order valence-electron chi connectivity index (χ1n) is 11.2. The number of aliphatic hydroxyl groups is 5. The second kappa shape index (κ2) is 10.8. The Hall–Kier alpha value is -2.65. The molecule has 0 aliphatic carbocycles. The molecule has 2 saturated heterocycles. The maximum Gasteiger partial charge on any atom is 0.230 e. The molecule has 36 heavy (non-hydrogen) atoms. The van der Waals surface area contributed by atoms with Gasteiger partial charge in [0.2, 0.25) is 11.8 Å². The molecule has 2 aromatic rings. The van der Waals surface area contributed by atoms with E-state index >= 15 is 0 Å². The number of nitriles is 1. The van der Waals surface area contributed by atoms with E-state index in [1.165, 1.54) is 20.4 Å². The molecule has 0 bridgehead atoms. The fraction of sp³-hybridized carbons (Fsp3) is 0.667. The number of rotatable bonds is 7. The van der Waals surface area contributed by atoms with E-state index in [1.807, 2.05) is 6.07 Å². The summed E-state index contributed by atoms with van der Waals surface area (Å²) in [5, 5.41) is 64.2. The molecule has 4 rings (SSSR count). The fourth-order valence-corrected chi connectivity index (χ4v) is 4.39. The first-order chi connectivity index (χ1) is 17.2. The number of nitrogens with zero attached hydrogens (tertiary/aromatic N) is 3. The molecule has 4 heterocycles. The number of aromatic amines is 1. The highest BCUT2D eigenvalue weighted by Crippen LogP contribution is 2.31. The van der Waals surface area contributed by atoms with Gasteiger partial charge in [-0.25, -0.2) is 0 Å². The number of hydrogen-bond donors (Lipinski definition) is 7. The monoisotopic (exact) mass is 511 g/mol. The van der Waals surface area contributed by atoms with Crippen molar-refractivity contribution in [2.45, 2.75) is 68.3 Å². The van der Waals surface area contributed by atoms with Crippen LogP contribution in [0.1, 0.15) is 12.5 Å². The van der Waals surface area contributed by atoms with Gasteiger partial charge in [-0.3, -0.25) is 0 Å². The van der Waals surface area contributed by atoms with E-state index in [4.69, 9.17) is 23.7 Å². The summed E-state index contributed by atoms with van der Waals surface area (Å²) in [6.07, 6.45) is -11.2. The summed E-state index contributed by atoms with van der Waals surface area (Å²) in [6.45, 7) is 1.05. The van der Waals surface area contributed by atoms with Crippen LogP contribution in [0.2, 0.25) is 0 Å². The molecule has 2 fully saturated rings. The highest BCUT2D eigenvalue weighted by molar-refractivity contribution is 5.88. The zero-order valence-electron chi connectivity index (χ0n) is 19.7. The zero-order valence-corrected chi connectivity index (χ0v) is 19.7. The molecule has 15 heteroatoms. The molecule has 2 aliphatic rings. The molecular weight excluding hydrogens is 482 g/mol. The van der Waals surface area contributed by atoms with Crippen molar-refractivity contribution in [3.63, 3.8) is 0 Å². The topological polar surface area (TPSA) is 225 Å². The van der Waals surface area contributed by atoms with E-state index in [-0.39, 0.29) is 11.8 Å². The minimum atomic E-state index is -1.56. The lowest BCUT2D eigenvalue weighted by Crippen LogP contribution is -2.64. The Morgan fingerprint density at radius 1 is 1.08 bits per heavy atom. The van der Waals surface area contributed by atoms with Gasteiger partial charge in [-0.05, 0) is 6.92 Å². The first-order valence-corrected chi connectivity index (χ1v) is 11.2. The van der Waals surface area contributed by atoms with Gasteiger partial charge in [0.15, 0.2) is 12.5 Å². The van der Waals surface area contributed by atoms with Crippen LogP contribution < -0.4 is 10.1 Å². The standard InChI is InChI=1S/C21H29N5O10/c1-7-15(36-20-14(31)12(29)16(32-2)9(6-27)35-20)11(28)13(30)19(34-7)26-21-24-17-10(18(25-21)33-3)8(4-22)5-23-17/h5,7,9,11-16,19-20,27-31H,6H2,1-3H3,(H2,23,24,25,26)/t7-,9+,11+,12-,13-,14-,15-,16-,19+,20+/m1/s1. The van der Waals surface area contributed by atoms with E-state index in [1.54, 1.807) is 6.92 Å². The summed E-state index contributed by atoms with van der Waals surface area (Å²) < 4.78 is 27.4. The summed E-state index contributed by atoms with van der Waals surface area (Å²) in [4.78, 5) is 11.3. The van der Waals surface area contributed by atoms with Gasteiger partial charge in [-0.2, -0.15) is 15.2 Å².